The van der Waals surface area contributed by atoms with Crippen LogP contribution in [0.25, 0.3) is 11.3 Å². The molecule has 0 unspecified atom stereocenters. The van der Waals surface area contributed by atoms with Crippen LogP contribution in [0.2, 0.25) is 10.0 Å². The third kappa shape index (κ3) is 6.60. The first kappa shape index (κ1) is 26.8. The quantitative estimate of drug-likeness (QED) is 0.174. The molecule has 0 bridgehead atoms. The molecule has 0 radical (unpaired) electrons. The number of ether oxygens (including phenoxy) is 2. The molecule has 5 nitrogen and oxygen atoms in total. The summed E-state index contributed by atoms with van der Waals surface area (Å²) in [6, 6.07) is 29.4. The molecule has 5 rings (SSSR count). The maximum Gasteiger partial charge on any atom is 0.211 e. The minimum atomic E-state index is 0.449. The van der Waals surface area contributed by atoms with Gasteiger partial charge in [-0.1, -0.05) is 83.4 Å². The Morgan fingerprint density at radius 3 is 2.41 bits per heavy atom. The van der Waals surface area contributed by atoms with Gasteiger partial charge in [-0.05, 0) is 54.4 Å². The van der Waals surface area contributed by atoms with Gasteiger partial charge in [0.25, 0.3) is 0 Å². The fourth-order valence-electron chi connectivity index (χ4n) is 3.82. The van der Waals surface area contributed by atoms with Crippen molar-refractivity contribution in [2.24, 2.45) is 10.1 Å². The van der Waals surface area contributed by atoms with Crippen LogP contribution in [-0.2, 0) is 6.61 Å². The molecular weight excluding hydrogens is 549 g/mol. The zero-order chi connectivity index (χ0) is 27.2. The van der Waals surface area contributed by atoms with E-state index in [0.29, 0.717) is 38.6 Å². The fraction of sp³-hybridized carbons (Fsp3) is 0.0968. The van der Waals surface area contributed by atoms with E-state index in [1.54, 1.807) is 25.5 Å². The average molecular weight is 575 g/mol. The Morgan fingerprint density at radius 2 is 1.67 bits per heavy atom. The molecule has 0 fully saturated rings. The molecule has 0 amide bonds. The first-order valence-electron chi connectivity index (χ1n) is 12.2. The van der Waals surface area contributed by atoms with Gasteiger partial charge in [0.15, 0.2) is 11.5 Å². The molecule has 0 aliphatic rings. The zero-order valence-electron chi connectivity index (χ0n) is 21.3. The van der Waals surface area contributed by atoms with Crippen LogP contribution in [0.5, 0.6) is 11.5 Å². The lowest BCUT2D eigenvalue weighted by molar-refractivity contribution is 0.284. The van der Waals surface area contributed by atoms with Gasteiger partial charge in [0.05, 0.1) is 34.8 Å². The van der Waals surface area contributed by atoms with Crippen molar-refractivity contribution in [1.82, 2.24) is 4.68 Å². The molecule has 1 aromatic heterocycles. The van der Waals surface area contributed by atoms with Gasteiger partial charge in [-0.25, -0.2) is 9.67 Å². The van der Waals surface area contributed by atoms with Crippen molar-refractivity contribution in [3.63, 3.8) is 0 Å². The summed E-state index contributed by atoms with van der Waals surface area (Å²) in [5.74, 6) is 1.29. The standard InChI is InChI=1S/C31H25Cl2N3O2S/c1-21-8-11-24(12-9-21)28-20-39-31(35-25-13-14-26(32)27(33)17-25)36(28)34-18-23-10-15-29(30(16-23)37-2)38-19-22-6-4-3-5-7-22/h3-18,20H,19H2,1-2H3. The topological polar surface area (TPSA) is 48.1 Å². The van der Waals surface area contributed by atoms with Crippen molar-refractivity contribution < 1.29 is 9.47 Å². The number of rotatable bonds is 8. The van der Waals surface area contributed by atoms with Crippen LogP contribution in [0.3, 0.4) is 0 Å². The first-order valence-corrected chi connectivity index (χ1v) is 13.8. The van der Waals surface area contributed by atoms with Crippen molar-refractivity contribution in [3.05, 3.63) is 128 Å². The van der Waals surface area contributed by atoms with Crippen molar-refractivity contribution in [3.8, 4) is 22.8 Å². The van der Waals surface area contributed by atoms with Crippen LogP contribution in [0, 0.1) is 6.92 Å². The van der Waals surface area contributed by atoms with E-state index in [2.05, 4.69) is 31.2 Å². The monoisotopic (exact) mass is 573 g/mol. The second-order valence-electron chi connectivity index (χ2n) is 8.72. The Labute approximate surface area is 241 Å². The molecule has 5 aromatic rings. The summed E-state index contributed by atoms with van der Waals surface area (Å²) in [7, 11) is 1.63. The second-order valence-corrected chi connectivity index (χ2v) is 10.4. The van der Waals surface area contributed by atoms with Gasteiger partial charge < -0.3 is 9.47 Å². The number of benzene rings is 4. The van der Waals surface area contributed by atoms with Crippen molar-refractivity contribution >= 4 is 46.4 Å². The molecule has 0 saturated heterocycles. The van der Waals surface area contributed by atoms with Crippen LogP contribution < -0.4 is 14.3 Å². The molecule has 0 spiro atoms. The summed E-state index contributed by atoms with van der Waals surface area (Å²) < 4.78 is 13.4. The summed E-state index contributed by atoms with van der Waals surface area (Å²) in [5, 5.41) is 7.80. The first-order chi connectivity index (χ1) is 19.0. The molecule has 39 heavy (non-hydrogen) atoms. The van der Waals surface area contributed by atoms with Crippen LogP contribution in [0.4, 0.5) is 5.69 Å². The second kappa shape index (κ2) is 12.3. The minimum absolute atomic E-state index is 0.449. The number of aryl methyl sites for hydroxylation is 1. The number of aromatic nitrogens is 1. The maximum absolute atomic E-state index is 6.23. The molecular formula is C31H25Cl2N3O2S. The molecule has 4 aromatic carbocycles. The number of thiazole rings is 1. The summed E-state index contributed by atoms with van der Waals surface area (Å²) in [6.07, 6.45) is 1.78. The van der Waals surface area contributed by atoms with E-state index >= 15 is 0 Å². The van der Waals surface area contributed by atoms with Crippen LogP contribution in [-0.4, -0.2) is 18.0 Å². The van der Waals surface area contributed by atoms with E-state index in [9.17, 15) is 0 Å². The van der Waals surface area contributed by atoms with E-state index in [0.717, 1.165) is 22.4 Å². The summed E-state index contributed by atoms with van der Waals surface area (Å²) in [5.41, 5.74) is 5.77. The Bertz CT molecular complexity index is 1680. The molecule has 196 valence electrons. The zero-order valence-corrected chi connectivity index (χ0v) is 23.7. The summed E-state index contributed by atoms with van der Waals surface area (Å²) in [4.78, 5) is 5.49. The highest BCUT2D eigenvalue weighted by atomic mass is 35.5. The van der Waals surface area contributed by atoms with Gasteiger partial charge in [-0.3, -0.25) is 0 Å². The van der Waals surface area contributed by atoms with Gasteiger partial charge in [-0.2, -0.15) is 5.10 Å². The number of nitrogens with zero attached hydrogens (tertiary/aromatic N) is 3. The summed E-state index contributed by atoms with van der Waals surface area (Å²) in [6.45, 7) is 2.52. The van der Waals surface area contributed by atoms with Crippen molar-refractivity contribution in [2.45, 2.75) is 13.5 Å². The van der Waals surface area contributed by atoms with Gasteiger partial charge in [0, 0.05) is 10.9 Å². The van der Waals surface area contributed by atoms with Gasteiger partial charge in [-0.15, -0.1) is 11.3 Å². The largest absolute Gasteiger partial charge is 0.493 e. The number of hydrogen-bond acceptors (Lipinski definition) is 5. The number of methoxy groups -OCH3 is 1. The maximum atomic E-state index is 6.23. The SMILES string of the molecule is COc1cc(C=Nn2c(-c3ccc(C)cc3)csc2=Nc2ccc(Cl)c(Cl)c2)ccc1OCc1ccccc1. The Hall–Kier alpha value is -3.84. The third-order valence-corrected chi connectivity index (χ3v) is 7.46. The highest BCUT2D eigenvalue weighted by molar-refractivity contribution is 7.07. The van der Waals surface area contributed by atoms with Gasteiger partial charge in [0.2, 0.25) is 4.80 Å². The molecule has 8 heteroatoms. The normalized spacial score (nSPS) is 11.7. The van der Waals surface area contributed by atoms with E-state index in [-0.39, 0.29) is 0 Å². The minimum Gasteiger partial charge on any atom is -0.493 e. The lowest BCUT2D eigenvalue weighted by Gasteiger charge is -2.11. The van der Waals surface area contributed by atoms with Crippen LogP contribution in [0.15, 0.2) is 106 Å². The molecule has 0 aliphatic carbocycles. The van der Waals surface area contributed by atoms with Crippen LogP contribution in [0.1, 0.15) is 16.7 Å². The Morgan fingerprint density at radius 1 is 0.872 bits per heavy atom. The third-order valence-electron chi connectivity index (χ3n) is 5.91. The predicted octanol–water partition coefficient (Wildman–Crippen LogP) is 8.53. The molecule has 1 heterocycles. The molecule has 0 saturated carbocycles. The van der Waals surface area contributed by atoms with Gasteiger partial charge in [0.1, 0.15) is 6.61 Å². The Balaban J connectivity index is 1.49. The van der Waals surface area contributed by atoms with Crippen molar-refractivity contribution in [2.75, 3.05) is 7.11 Å². The fourth-order valence-corrected chi connectivity index (χ4v) is 4.97. The van der Waals surface area contributed by atoms with E-state index in [1.165, 1.54) is 16.9 Å². The van der Waals surface area contributed by atoms with E-state index in [4.69, 9.17) is 42.8 Å². The molecule has 0 aliphatic heterocycles. The van der Waals surface area contributed by atoms with E-state index < -0.39 is 0 Å². The highest BCUT2D eigenvalue weighted by Crippen LogP contribution is 2.29. The Kier molecular flexibility index (Phi) is 8.47. The average Bonchev–Trinajstić information content (AvgIpc) is 3.35. The summed E-state index contributed by atoms with van der Waals surface area (Å²) >= 11 is 13.8. The van der Waals surface area contributed by atoms with Crippen LogP contribution >= 0.6 is 34.5 Å². The number of halogens is 2. The predicted molar refractivity (Wildman–Crippen MR) is 161 cm³/mol. The van der Waals surface area contributed by atoms with E-state index in [1.807, 2.05) is 64.7 Å². The van der Waals surface area contributed by atoms with Gasteiger partial charge >= 0.3 is 0 Å². The molecule has 0 atom stereocenters. The smallest absolute Gasteiger partial charge is 0.211 e. The lowest BCUT2D eigenvalue weighted by Crippen LogP contribution is -2.11. The highest BCUT2D eigenvalue weighted by Gasteiger charge is 2.10. The molecule has 0 N–H and O–H groups in total. The number of hydrogen-bond donors (Lipinski definition) is 0. The lowest BCUT2D eigenvalue weighted by atomic mass is 10.1. The van der Waals surface area contributed by atoms with Crippen molar-refractivity contribution in [1.29, 1.82) is 0 Å².